The first-order valence-electron chi connectivity index (χ1n) is 5.87. The van der Waals surface area contributed by atoms with Crippen molar-refractivity contribution in [2.75, 3.05) is 13.7 Å². The highest BCUT2D eigenvalue weighted by Crippen LogP contribution is 2.32. The molecule has 4 nitrogen and oxygen atoms in total. The minimum Gasteiger partial charge on any atom is -0.385 e. The Balaban J connectivity index is 2.23. The summed E-state index contributed by atoms with van der Waals surface area (Å²) < 4.78 is 5.00. The van der Waals surface area contributed by atoms with Crippen LogP contribution in [-0.4, -0.2) is 23.7 Å². The number of methoxy groups -OCH3 is 1. The van der Waals surface area contributed by atoms with E-state index < -0.39 is 0 Å². The minimum atomic E-state index is -0.188. The average Bonchev–Trinajstić information content (AvgIpc) is 2.88. The van der Waals surface area contributed by atoms with Crippen molar-refractivity contribution in [3.8, 4) is 11.3 Å². The Bertz CT molecular complexity index is 557. The zero-order valence-corrected chi connectivity index (χ0v) is 12.0. The Kier molecular flexibility index (Phi) is 4.82. The van der Waals surface area contributed by atoms with Crippen LogP contribution < -0.4 is 5.73 Å². The summed E-state index contributed by atoms with van der Waals surface area (Å²) in [7, 11) is 1.64. The molecule has 0 amide bonds. The number of nitrogens with one attached hydrogen (secondary N) is 1. The van der Waals surface area contributed by atoms with Crippen molar-refractivity contribution < 1.29 is 4.74 Å². The normalized spacial score (nSPS) is 12.6. The first-order valence-corrected chi connectivity index (χ1v) is 6.63. The summed E-state index contributed by atoms with van der Waals surface area (Å²) in [5, 5.41) is 1.02. The molecular weight excluding hydrogens is 285 g/mol. The summed E-state index contributed by atoms with van der Waals surface area (Å²) in [6, 6.07) is 5.28. The molecule has 1 unspecified atom stereocenters. The van der Waals surface area contributed by atoms with Crippen molar-refractivity contribution in [1.82, 2.24) is 9.97 Å². The lowest BCUT2D eigenvalue weighted by Gasteiger charge is -2.07. The molecule has 1 atom stereocenters. The van der Waals surface area contributed by atoms with Gasteiger partial charge < -0.3 is 15.5 Å². The molecule has 1 aromatic heterocycles. The molecule has 0 aliphatic heterocycles. The van der Waals surface area contributed by atoms with Gasteiger partial charge >= 0.3 is 0 Å². The van der Waals surface area contributed by atoms with Crippen LogP contribution in [0.3, 0.4) is 0 Å². The van der Waals surface area contributed by atoms with Gasteiger partial charge in [-0.15, -0.1) is 0 Å². The molecule has 2 rings (SSSR count). The second-order valence-electron chi connectivity index (χ2n) is 4.17. The standard InChI is InChI=1S/C13H15Cl2N3O/c1-19-6-5-10(16)13-17-7-11(18-13)8-3-2-4-9(14)12(8)15/h2-4,7,10H,5-6,16H2,1H3,(H,17,18). The first-order chi connectivity index (χ1) is 9.13. The fourth-order valence-corrected chi connectivity index (χ4v) is 2.16. The van der Waals surface area contributed by atoms with E-state index in [0.717, 1.165) is 11.3 Å². The third-order valence-corrected chi connectivity index (χ3v) is 3.64. The maximum atomic E-state index is 6.17. The van der Waals surface area contributed by atoms with E-state index >= 15 is 0 Å². The van der Waals surface area contributed by atoms with Crippen LogP contribution in [-0.2, 0) is 4.74 Å². The third-order valence-electron chi connectivity index (χ3n) is 2.82. The molecule has 0 radical (unpaired) electrons. The lowest BCUT2D eigenvalue weighted by atomic mass is 10.2. The van der Waals surface area contributed by atoms with E-state index in [-0.39, 0.29) is 6.04 Å². The van der Waals surface area contributed by atoms with Gasteiger partial charge in [0, 0.05) is 19.3 Å². The van der Waals surface area contributed by atoms with Crippen LogP contribution in [0, 0.1) is 0 Å². The number of nitrogens with two attached hydrogens (primary N) is 1. The number of benzene rings is 1. The number of nitrogens with zero attached hydrogens (tertiary/aromatic N) is 1. The van der Waals surface area contributed by atoms with Crippen molar-refractivity contribution in [2.45, 2.75) is 12.5 Å². The fourth-order valence-electron chi connectivity index (χ4n) is 1.76. The highest BCUT2D eigenvalue weighted by Gasteiger charge is 2.13. The Morgan fingerprint density at radius 2 is 2.21 bits per heavy atom. The monoisotopic (exact) mass is 299 g/mol. The predicted molar refractivity (Wildman–Crippen MR) is 77.5 cm³/mol. The van der Waals surface area contributed by atoms with Gasteiger partial charge in [0.05, 0.1) is 28.0 Å². The lowest BCUT2D eigenvalue weighted by Crippen LogP contribution is -2.14. The van der Waals surface area contributed by atoms with Crippen LogP contribution in [0.4, 0.5) is 0 Å². The number of hydrogen-bond donors (Lipinski definition) is 2. The predicted octanol–water partition coefficient (Wildman–Crippen LogP) is 3.42. The molecule has 2 aromatic rings. The summed E-state index contributed by atoms with van der Waals surface area (Å²) in [5.41, 5.74) is 7.62. The van der Waals surface area contributed by atoms with Crippen molar-refractivity contribution in [1.29, 1.82) is 0 Å². The number of aromatic nitrogens is 2. The molecule has 0 saturated heterocycles. The van der Waals surface area contributed by atoms with Gasteiger partial charge in [-0.2, -0.15) is 0 Å². The van der Waals surface area contributed by atoms with Crippen molar-refractivity contribution in [2.24, 2.45) is 5.73 Å². The molecule has 6 heteroatoms. The number of H-pyrrole nitrogens is 1. The second kappa shape index (κ2) is 6.39. The van der Waals surface area contributed by atoms with Gasteiger partial charge in [0.15, 0.2) is 0 Å². The summed E-state index contributed by atoms with van der Waals surface area (Å²) in [5.74, 6) is 0.711. The van der Waals surface area contributed by atoms with Gasteiger partial charge in [-0.3, -0.25) is 0 Å². The molecule has 0 aliphatic rings. The van der Waals surface area contributed by atoms with Crippen molar-refractivity contribution in [3.05, 3.63) is 40.3 Å². The largest absolute Gasteiger partial charge is 0.385 e. The summed E-state index contributed by atoms with van der Waals surface area (Å²) in [4.78, 5) is 7.45. The zero-order valence-electron chi connectivity index (χ0n) is 10.5. The topological polar surface area (TPSA) is 63.9 Å². The highest BCUT2D eigenvalue weighted by atomic mass is 35.5. The van der Waals surface area contributed by atoms with Gasteiger partial charge in [0.2, 0.25) is 0 Å². The van der Waals surface area contributed by atoms with Crippen LogP contribution in [0.25, 0.3) is 11.3 Å². The summed E-state index contributed by atoms with van der Waals surface area (Å²) >= 11 is 12.2. The first kappa shape index (κ1) is 14.3. The summed E-state index contributed by atoms with van der Waals surface area (Å²) in [6.07, 6.45) is 2.41. The smallest absolute Gasteiger partial charge is 0.123 e. The SMILES string of the molecule is COCCC(N)c1ncc(-c2cccc(Cl)c2Cl)[nH]1. The molecule has 1 aromatic carbocycles. The van der Waals surface area contributed by atoms with E-state index in [1.165, 1.54) is 0 Å². The molecule has 0 fully saturated rings. The fraction of sp³-hybridized carbons (Fsp3) is 0.308. The van der Waals surface area contributed by atoms with Crippen LogP contribution in [0.1, 0.15) is 18.3 Å². The number of hydrogen-bond acceptors (Lipinski definition) is 3. The Hall–Kier alpha value is -1.07. The number of rotatable bonds is 5. The van der Waals surface area contributed by atoms with Crippen molar-refractivity contribution in [3.63, 3.8) is 0 Å². The molecule has 0 spiro atoms. The number of aromatic amines is 1. The molecule has 3 N–H and O–H groups in total. The molecule has 19 heavy (non-hydrogen) atoms. The Labute approximate surface area is 121 Å². The Morgan fingerprint density at radius 1 is 1.42 bits per heavy atom. The number of halogens is 2. The zero-order chi connectivity index (χ0) is 13.8. The minimum absolute atomic E-state index is 0.188. The molecule has 0 saturated carbocycles. The molecule has 0 bridgehead atoms. The third kappa shape index (κ3) is 3.28. The van der Waals surface area contributed by atoms with Crippen LogP contribution >= 0.6 is 23.2 Å². The molecular formula is C13H15Cl2N3O. The van der Waals surface area contributed by atoms with E-state index in [2.05, 4.69) is 9.97 Å². The highest BCUT2D eigenvalue weighted by molar-refractivity contribution is 6.43. The van der Waals surface area contributed by atoms with Crippen LogP contribution in [0.15, 0.2) is 24.4 Å². The molecule has 102 valence electrons. The van der Waals surface area contributed by atoms with E-state index in [9.17, 15) is 0 Å². The molecule has 1 heterocycles. The van der Waals surface area contributed by atoms with E-state index in [4.69, 9.17) is 33.7 Å². The van der Waals surface area contributed by atoms with Crippen LogP contribution in [0.5, 0.6) is 0 Å². The van der Waals surface area contributed by atoms with Gasteiger partial charge in [0.25, 0.3) is 0 Å². The maximum Gasteiger partial charge on any atom is 0.123 e. The number of ether oxygens (including phenoxy) is 1. The quantitative estimate of drug-likeness (QED) is 0.889. The maximum absolute atomic E-state index is 6.17. The van der Waals surface area contributed by atoms with Crippen LogP contribution in [0.2, 0.25) is 10.0 Å². The van der Waals surface area contributed by atoms with E-state index in [1.807, 2.05) is 12.1 Å². The Morgan fingerprint density at radius 3 is 2.95 bits per heavy atom. The van der Waals surface area contributed by atoms with E-state index in [1.54, 1.807) is 19.4 Å². The second-order valence-corrected chi connectivity index (χ2v) is 4.96. The number of imidazole rings is 1. The lowest BCUT2D eigenvalue weighted by molar-refractivity contribution is 0.187. The van der Waals surface area contributed by atoms with Gasteiger partial charge in [0.1, 0.15) is 5.82 Å². The van der Waals surface area contributed by atoms with E-state index in [0.29, 0.717) is 28.9 Å². The summed E-state index contributed by atoms with van der Waals surface area (Å²) in [6.45, 7) is 0.592. The van der Waals surface area contributed by atoms with Gasteiger partial charge in [-0.1, -0.05) is 35.3 Å². The molecule has 0 aliphatic carbocycles. The van der Waals surface area contributed by atoms with Crippen molar-refractivity contribution >= 4 is 23.2 Å². The van der Waals surface area contributed by atoms with Gasteiger partial charge in [-0.25, -0.2) is 4.98 Å². The average molecular weight is 300 g/mol. The van der Waals surface area contributed by atoms with Gasteiger partial charge in [-0.05, 0) is 12.5 Å².